The van der Waals surface area contributed by atoms with E-state index in [0.717, 1.165) is 74.8 Å². The Kier molecular flexibility index (Phi) is 8.59. The van der Waals surface area contributed by atoms with Gasteiger partial charge >= 0.3 is 0 Å². The third-order valence-electron chi connectivity index (χ3n) is 8.17. The number of hydrogen-bond donors (Lipinski definition) is 2. The van der Waals surface area contributed by atoms with E-state index in [2.05, 4.69) is 67.8 Å². The first-order valence-corrected chi connectivity index (χ1v) is 13.8. The van der Waals surface area contributed by atoms with Crippen molar-refractivity contribution in [1.82, 2.24) is 9.88 Å². The van der Waals surface area contributed by atoms with Crippen LogP contribution in [0.3, 0.4) is 0 Å². The van der Waals surface area contributed by atoms with Gasteiger partial charge in [-0.3, -0.25) is 4.90 Å². The Bertz CT molecular complexity index is 1010. The lowest BCUT2D eigenvalue weighted by Gasteiger charge is -2.42. The van der Waals surface area contributed by atoms with Gasteiger partial charge in [-0.25, -0.2) is 4.98 Å². The van der Waals surface area contributed by atoms with Crippen LogP contribution in [0.5, 0.6) is 5.75 Å². The molecule has 1 aromatic carbocycles. The van der Waals surface area contributed by atoms with Crippen molar-refractivity contribution in [3.05, 3.63) is 41.5 Å². The quantitative estimate of drug-likeness (QED) is 0.466. The van der Waals surface area contributed by atoms with Crippen molar-refractivity contribution in [3.8, 4) is 17.0 Å². The number of piperazine rings is 1. The normalized spacial score (nSPS) is 19.2. The van der Waals surface area contributed by atoms with E-state index in [0.29, 0.717) is 19.8 Å². The van der Waals surface area contributed by atoms with Gasteiger partial charge in [-0.1, -0.05) is 39.8 Å². The van der Waals surface area contributed by atoms with Gasteiger partial charge in [0.15, 0.2) is 0 Å². The van der Waals surface area contributed by atoms with Crippen LogP contribution in [-0.2, 0) is 10.8 Å². The number of benzene rings is 1. The zero-order chi connectivity index (χ0) is 25.8. The minimum absolute atomic E-state index is 0.143. The largest absolute Gasteiger partial charge is 0.490 e. The number of nitrogens with two attached hydrogens (primary N) is 1. The molecule has 1 aromatic heterocycles. The first kappa shape index (κ1) is 26.9. The number of rotatable bonds is 10. The van der Waals surface area contributed by atoms with Crippen molar-refractivity contribution in [2.75, 3.05) is 57.4 Å². The van der Waals surface area contributed by atoms with E-state index in [9.17, 15) is 0 Å². The molecule has 0 unspecified atom stereocenters. The van der Waals surface area contributed by atoms with E-state index in [1.54, 1.807) is 0 Å². The summed E-state index contributed by atoms with van der Waals surface area (Å²) in [5.74, 6) is 1.82. The average Bonchev–Trinajstić information content (AvgIpc) is 2.88. The SMILES string of the molecule is CC1(C)CCC(C)(C)c2cc(-c3nc(N4CCN(CCCCCO)CC4)ccc3OCCN)ccc21. The molecule has 6 heteroatoms. The van der Waals surface area contributed by atoms with E-state index < -0.39 is 0 Å². The number of unbranched alkanes of at least 4 members (excludes halogenated alkanes) is 2. The molecule has 3 N–H and O–H groups in total. The minimum atomic E-state index is 0.143. The van der Waals surface area contributed by atoms with Gasteiger partial charge in [0.1, 0.15) is 23.9 Å². The summed E-state index contributed by atoms with van der Waals surface area (Å²) < 4.78 is 6.07. The van der Waals surface area contributed by atoms with Crippen molar-refractivity contribution in [1.29, 1.82) is 0 Å². The van der Waals surface area contributed by atoms with E-state index >= 15 is 0 Å². The molecule has 1 aliphatic heterocycles. The molecule has 36 heavy (non-hydrogen) atoms. The van der Waals surface area contributed by atoms with Gasteiger partial charge in [0, 0.05) is 44.9 Å². The molecule has 0 amide bonds. The van der Waals surface area contributed by atoms with Crippen LogP contribution in [0, 0.1) is 0 Å². The highest BCUT2D eigenvalue weighted by Gasteiger charge is 2.37. The van der Waals surface area contributed by atoms with Crippen LogP contribution in [0.25, 0.3) is 11.3 Å². The van der Waals surface area contributed by atoms with Crippen molar-refractivity contribution < 1.29 is 9.84 Å². The molecule has 2 heterocycles. The fourth-order valence-electron chi connectivity index (χ4n) is 5.66. The third-order valence-corrected chi connectivity index (χ3v) is 8.17. The average molecular weight is 495 g/mol. The number of aliphatic hydroxyl groups is 1. The van der Waals surface area contributed by atoms with E-state index in [4.69, 9.17) is 20.6 Å². The van der Waals surface area contributed by atoms with Crippen molar-refractivity contribution in [2.24, 2.45) is 5.73 Å². The summed E-state index contributed by atoms with van der Waals surface area (Å²) in [5, 5.41) is 9.00. The highest BCUT2D eigenvalue weighted by molar-refractivity contribution is 5.70. The molecule has 0 spiro atoms. The van der Waals surface area contributed by atoms with Crippen LogP contribution < -0.4 is 15.4 Å². The Morgan fingerprint density at radius 1 is 0.917 bits per heavy atom. The van der Waals surface area contributed by atoms with Crippen LogP contribution in [0.2, 0.25) is 0 Å². The maximum absolute atomic E-state index is 9.00. The van der Waals surface area contributed by atoms with Crippen LogP contribution in [0.4, 0.5) is 5.82 Å². The molecule has 1 aliphatic carbocycles. The van der Waals surface area contributed by atoms with Crippen molar-refractivity contribution in [2.45, 2.75) is 70.6 Å². The second-order valence-electron chi connectivity index (χ2n) is 11.8. The molecule has 198 valence electrons. The fourth-order valence-corrected chi connectivity index (χ4v) is 5.66. The summed E-state index contributed by atoms with van der Waals surface area (Å²) in [7, 11) is 0. The summed E-state index contributed by atoms with van der Waals surface area (Å²) in [4.78, 5) is 10.1. The monoisotopic (exact) mass is 494 g/mol. The van der Waals surface area contributed by atoms with Crippen molar-refractivity contribution >= 4 is 5.82 Å². The molecular formula is C30H46N4O2. The smallest absolute Gasteiger partial charge is 0.145 e. The van der Waals surface area contributed by atoms with E-state index in [1.807, 2.05) is 0 Å². The molecule has 0 bridgehead atoms. The number of anilines is 1. The molecule has 0 radical (unpaired) electrons. The molecule has 1 saturated heterocycles. The number of ether oxygens (including phenoxy) is 1. The van der Waals surface area contributed by atoms with Crippen LogP contribution >= 0.6 is 0 Å². The molecule has 1 fully saturated rings. The Balaban J connectivity index is 1.58. The predicted octanol–water partition coefficient (Wildman–Crippen LogP) is 4.72. The summed E-state index contributed by atoms with van der Waals surface area (Å²) in [6.07, 6.45) is 5.55. The first-order valence-electron chi connectivity index (χ1n) is 13.8. The maximum Gasteiger partial charge on any atom is 0.145 e. The summed E-state index contributed by atoms with van der Waals surface area (Å²) in [6.45, 7) is 15.9. The summed E-state index contributed by atoms with van der Waals surface area (Å²) >= 11 is 0. The van der Waals surface area contributed by atoms with E-state index in [-0.39, 0.29) is 10.8 Å². The lowest BCUT2D eigenvalue weighted by molar-refractivity contribution is 0.242. The Labute approximate surface area is 217 Å². The standard InChI is InChI=1S/C30H46N4O2/c1-29(2)12-13-30(3,4)25-22-23(8-9-24(25)29)28-26(36-21-14-31)10-11-27(32-28)34-18-16-33(17-19-34)15-6-5-7-20-35/h8-11,22,35H,5-7,12-21,31H2,1-4H3. The van der Waals surface area contributed by atoms with Gasteiger partial charge in [0.05, 0.1) is 0 Å². The lowest BCUT2D eigenvalue weighted by Crippen LogP contribution is -2.46. The summed E-state index contributed by atoms with van der Waals surface area (Å²) in [5.41, 5.74) is 11.0. The maximum atomic E-state index is 9.00. The molecule has 0 saturated carbocycles. The second-order valence-corrected chi connectivity index (χ2v) is 11.8. The molecular weight excluding hydrogens is 448 g/mol. The van der Waals surface area contributed by atoms with Gasteiger partial charge in [-0.2, -0.15) is 0 Å². The minimum Gasteiger partial charge on any atom is -0.490 e. The first-order chi connectivity index (χ1) is 17.2. The molecule has 6 nitrogen and oxygen atoms in total. The second kappa shape index (κ2) is 11.5. The topological polar surface area (TPSA) is 74.9 Å². The molecule has 0 atom stereocenters. The molecule has 2 aromatic rings. The number of aromatic nitrogens is 1. The number of fused-ring (bicyclic) bond motifs is 1. The zero-order valence-electron chi connectivity index (χ0n) is 22.9. The van der Waals surface area contributed by atoms with Crippen LogP contribution in [-0.4, -0.2) is 67.5 Å². The highest BCUT2D eigenvalue weighted by Crippen LogP contribution is 2.47. The van der Waals surface area contributed by atoms with Crippen LogP contribution in [0.15, 0.2) is 30.3 Å². The fraction of sp³-hybridized carbons (Fsp3) is 0.633. The Hall–Kier alpha value is -2.15. The highest BCUT2D eigenvalue weighted by atomic mass is 16.5. The Morgan fingerprint density at radius 3 is 2.33 bits per heavy atom. The van der Waals surface area contributed by atoms with Gasteiger partial charge in [0.2, 0.25) is 0 Å². The van der Waals surface area contributed by atoms with Crippen LogP contribution in [0.1, 0.15) is 70.9 Å². The number of pyridine rings is 1. The summed E-state index contributed by atoms with van der Waals surface area (Å²) in [6, 6.07) is 11.1. The molecule has 2 aliphatic rings. The zero-order valence-corrected chi connectivity index (χ0v) is 22.9. The van der Waals surface area contributed by atoms with Gasteiger partial charge in [0.25, 0.3) is 0 Å². The van der Waals surface area contributed by atoms with E-state index in [1.165, 1.54) is 24.0 Å². The Morgan fingerprint density at radius 2 is 1.64 bits per heavy atom. The lowest BCUT2D eigenvalue weighted by atomic mass is 9.63. The third kappa shape index (κ3) is 6.04. The molecule has 4 rings (SSSR count). The predicted molar refractivity (Wildman–Crippen MR) is 149 cm³/mol. The van der Waals surface area contributed by atoms with Gasteiger partial charge in [-0.05, 0) is 78.8 Å². The van der Waals surface area contributed by atoms with Gasteiger partial charge < -0.3 is 20.5 Å². The number of aliphatic hydroxyl groups excluding tert-OH is 1. The number of hydrogen-bond acceptors (Lipinski definition) is 6. The van der Waals surface area contributed by atoms with Crippen molar-refractivity contribution in [3.63, 3.8) is 0 Å². The number of nitrogens with zero attached hydrogens (tertiary/aromatic N) is 3. The van der Waals surface area contributed by atoms with Gasteiger partial charge in [-0.15, -0.1) is 0 Å².